The van der Waals surface area contributed by atoms with Gasteiger partial charge in [-0.15, -0.1) is 0 Å². The lowest BCUT2D eigenvalue weighted by Crippen LogP contribution is -2.38. The lowest BCUT2D eigenvalue weighted by Gasteiger charge is -2.20. The smallest absolute Gasteiger partial charge is 0.368 e. The van der Waals surface area contributed by atoms with Crippen LogP contribution in [0.1, 0.15) is 23.2 Å². The Morgan fingerprint density at radius 3 is 2.41 bits per heavy atom. The summed E-state index contributed by atoms with van der Waals surface area (Å²) in [6.07, 6.45) is -5.94. The van der Waals surface area contributed by atoms with Gasteiger partial charge in [0.2, 0.25) is 5.91 Å². The molecule has 156 valence electrons. The summed E-state index contributed by atoms with van der Waals surface area (Å²) in [5.41, 5.74) is -1.26. The van der Waals surface area contributed by atoms with Crippen LogP contribution in [0, 0.1) is 0 Å². The molecule has 1 aliphatic heterocycles. The van der Waals surface area contributed by atoms with Crippen molar-refractivity contribution in [2.75, 3.05) is 18.0 Å². The van der Waals surface area contributed by atoms with Crippen molar-refractivity contribution in [3.8, 4) is 0 Å². The van der Waals surface area contributed by atoms with Gasteiger partial charge in [-0.05, 0) is 24.6 Å². The Balaban J connectivity index is 1.55. The molecule has 3 rings (SSSR count). The van der Waals surface area contributed by atoms with Crippen molar-refractivity contribution < 1.29 is 31.1 Å². The maximum Gasteiger partial charge on any atom is 0.417 e. The second-order valence-corrected chi connectivity index (χ2v) is 6.64. The van der Waals surface area contributed by atoms with Crippen LogP contribution in [0.5, 0.6) is 0 Å². The number of hydrogen-bond acceptors (Lipinski definition) is 4. The molecule has 1 unspecified atom stereocenters. The number of rotatable bonds is 4. The third-order valence-electron chi connectivity index (χ3n) is 4.46. The number of carbonyl (C=O) groups excluding carboxylic acids is 1. The first-order valence-electron chi connectivity index (χ1n) is 8.61. The number of amides is 1. The van der Waals surface area contributed by atoms with Crippen molar-refractivity contribution in [1.82, 2.24) is 15.3 Å². The summed E-state index contributed by atoms with van der Waals surface area (Å²) >= 11 is 0. The predicted octanol–water partition coefficient (Wildman–Crippen LogP) is 3.45. The van der Waals surface area contributed by atoms with E-state index >= 15 is 0 Å². The summed E-state index contributed by atoms with van der Waals surface area (Å²) < 4.78 is 76.0. The number of alkyl halides is 6. The molecule has 3 heterocycles. The molecule has 1 fully saturated rings. The lowest BCUT2D eigenvalue weighted by atomic mass is 10.2. The SMILES string of the molecule is O=C(Cc1ccc(C(F)(F)F)cn1)NC1CCN(c2cncc(C(F)(F)F)c2)C1. The van der Waals surface area contributed by atoms with Gasteiger partial charge in [0.25, 0.3) is 0 Å². The van der Waals surface area contributed by atoms with E-state index in [1.54, 1.807) is 4.90 Å². The molecule has 0 aromatic carbocycles. The summed E-state index contributed by atoms with van der Waals surface area (Å²) in [7, 11) is 0. The largest absolute Gasteiger partial charge is 0.417 e. The first-order chi connectivity index (χ1) is 13.5. The highest BCUT2D eigenvalue weighted by molar-refractivity contribution is 5.78. The fraction of sp³-hybridized carbons (Fsp3) is 0.389. The van der Waals surface area contributed by atoms with Gasteiger partial charge in [-0.25, -0.2) is 0 Å². The average Bonchev–Trinajstić information content (AvgIpc) is 3.09. The molecule has 0 radical (unpaired) electrons. The highest BCUT2D eigenvalue weighted by atomic mass is 19.4. The number of anilines is 1. The van der Waals surface area contributed by atoms with Crippen molar-refractivity contribution in [2.24, 2.45) is 0 Å². The maximum absolute atomic E-state index is 12.8. The molecule has 2 aromatic rings. The van der Waals surface area contributed by atoms with E-state index < -0.39 is 29.4 Å². The van der Waals surface area contributed by atoms with E-state index in [0.29, 0.717) is 31.4 Å². The number of pyridine rings is 2. The van der Waals surface area contributed by atoms with Gasteiger partial charge in [0.05, 0.1) is 29.4 Å². The Bertz CT molecular complexity index is 866. The molecule has 29 heavy (non-hydrogen) atoms. The fourth-order valence-electron chi connectivity index (χ4n) is 3.01. The van der Waals surface area contributed by atoms with E-state index in [2.05, 4.69) is 15.3 Å². The van der Waals surface area contributed by atoms with Crippen LogP contribution in [-0.4, -0.2) is 35.0 Å². The van der Waals surface area contributed by atoms with Crippen LogP contribution in [0.4, 0.5) is 32.0 Å². The van der Waals surface area contributed by atoms with E-state index in [1.165, 1.54) is 6.20 Å². The van der Waals surface area contributed by atoms with Crippen LogP contribution < -0.4 is 10.2 Å². The minimum atomic E-state index is -4.50. The quantitative estimate of drug-likeness (QED) is 0.773. The summed E-state index contributed by atoms with van der Waals surface area (Å²) in [5.74, 6) is -0.425. The molecule has 0 aliphatic carbocycles. The van der Waals surface area contributed by atoms with Gasteiger partial charge >= 0.3 is 12.4 Å². The average molecular weight is 418 g/mol. The van der Waals surface area contributed by atoms with Gasteiger partial charge in [-0.3, -0.25) is 14.8 Å². The van der Waals surface area contributed by atoms with Crippen LogP contribution in [0.25, 0.3) is 0 Å². The normalized spacial score (nSPS) is 17.4. The van der Waals surface area contributed by atoms with Crippen LogP contribution in [0.15, 0.2) is 36.8 Å². The molecule has 1 aliphatic rings. The Morgan fingerprint density at radius 1 is 1.07 bits per heavy atom. The highest BCUT2D eigenvalue weighted by Gasteiger charge is 2.33. The molecule has 1 amide bonds. The minimum absolute atomic E-state index is 0.187. The molecule has 0 bridgehead atoms. The zero-order chi connectivity index (χ0) is 21.2. The molecule has 1 saturated heterocycles. The van der Waals surface area contributed by atoms with Gasteiger partial charge in [0.1, 0.15) is 0 Å². The van der Waals surface area contributed by atoms with Crippen molar-refractivity contribution in [3.05, 3.63) is 53.6 Å². The molecule has 1 atom stereocenters. The van der Waals surface area contributed by atoms with Crippen molar-refractivity contribution in [3.63, 3.8) is 0 Å². The first-order valence-corrected chi connectivity index (χ1v) is 8.61. The Labute approximate surface area is 161 Å². The summed E-state index contributed by atoms with van der Waals surface area (Å²) in [6.45, 7) is 0.738. The van der Waals surface area contributed by atoms with Gasteiger partial charge < -0.3 is 10.2 Å². The zero-order valence-electron chi connectivity index (χ0n) is 14.9. The summed E-state index contributed by atoms with van der Waals surface area (Å²) in [5, 5.41) is 2.73. The number of aromatic nitrogens is 2. The van der Waals surface area contributed by atoms with E-state index in [0.717, 1.165) is 24.4 Å². The summed E-state index contributed by atoms with van der Waals surface area (Å²) in [6, 6.07) is 2.70. The van der Waals surface area contributed by atoms with Crippen LogP contribution in [0.3, 0.4) is 0 Å². The second-order valence-electron chi connectivity index (χ2n) is 6.64. The molecule has 2 aromatic heterocycles. The number of hydrogen-bond donors (Lipinski definition) is 1. The fourth-order valence-corrected chi connectivity index (χ4v) is 3.01. The molecule has 1 N–H and O–H groups in total. The van der Waals surface area contributed by atoms with Crippen LogP contribution in [-0.2, 0) is 23.6 Å². The third-order valence-corrected chi connectivity index (χ3v) is 4.46. The van der Waals surface area contributed by atoms with Crippen molar-refractivity contribution >= 4 is 11.6 Å². The number of nitrogens with one attached hydrogen (secondary N) is 1. The molecule has 5 nitrogen and oxygen atoms in total. The topological polar surface area (TPSA) is 58.1 Å². The Hall–Kier alpha value is -2.85. The molecular formula is C18H16F6N4O. The Kier molecular flexibility index (Phi) is 5.67. The molecular weight excluding hydrogens is 402 g/mol. The van der Waals surface area contributed by atoms with Crippen LogP contribution in [0.2, 0.25) is 0 Å². The van der Waals surface area contributed by atoms with Crippen molar-refractivity contribution in [1.29, 1.82) is 0 Å². The highest BCUT2D eigenvalue weighted by Crippen LogP contribution is 2.32. The molecule has 0 spiro atoms. The number of nitrogens with zero attached hydrogens (tertiary/aromatic N) is 3. The van der Waals surface area contributed by atoms with E-state index in [-0.39, 0.29) is 18.2 Å². The van der Waals surface area contributed by atoms with Crippen LogP contribution >= 0.6 is 0 Å². The van der Waals surface area contributed by atoms with Crippen molar-refractivity contribution in [2.45, 2.75) is 31.2 Å². The number of halogens is 6. The van der Waals surface area contributed by atoms with E-state index in [4.69, 9.17) is 0 Å². The maximum atomic E-state index is 12.8. The van der Waals surface area contributed by atoms with Gasteiger partial charge in [0.15, 0.2) is 0 Å². The third kappa shape index (κ3) is 5.36. The lowest BCUT2D eigenvalue weighted by molar-refractivity contribution is -0.138. The standard InChI is InChI=1S/C18H16F6N4O/c19-17(20,21)11-1-2-13(26-8-11)6-16(29)27-14-3-4-28(10-14)15-5-12(7-25-9-15)18(22,23)24/h1-2,5,7-9,14H,3-4,6,10H2,(H,27,29). The summed E-state index contributed by atoms with van der Waals surface area (Å²) in [4.78, 5) is 21.1. The van der Waals surface area contributed by atoms with E-state index in [9.17, 15) is 31.1 Å². The van der Waals surface area contributed by atoms with Gasteiger partial charge in [-0.2, -0.15) is 26.3 Å². The monoisotopic (exact) mass is 418 g/mol. The minimum Gasteiger partial charge on any atom is -0.368 e. The molecule has 0 saturated carbocycles. The Morgan fingerprint density at radius 2 is 1.79 bits per heavy atom. The van der Waals surface area contributed by atoms with Gasteiger partial charge in [-0.1, -0.05) is 0 Å². The van der Waals surface area contributed by atoms with Gasteiger partial charge in [0, 0.05) is 37.2 Å². The second kappa shape index (κ2) is 7.88. The zero-order valence-corrected chi connectivity index (χ0v) is 14.9. The van der Waals surface area contributed by atoms with E-state index in [1.807, 2.05) is 0 Å². The molecule has 11 heteroatoms. The first kappa shape index (κ1) is 20.9. The predicted molar refractivity (Wildman–Crippen MR) is 90.9 cm³/mol. The number of carbonyl (C=O) groups is 1.